The molecule has 2 aromatic rings. The zero-order valence-electron chi connectivity index (χ0n) is 9.91. The van der Waals surface area contributed by atoms with E-state index < -0.39 is 23.5 Å². The molecule has 1 heterocycles. The number of nitrogens with two attached hydrogens (primary N) is 1. The first-order chi connectivity index (χ1) is 9.11. The minimum absolute atomic E-state index is 0.226. The SMILES string of the molecule is NNC(Cc1ccccn1)c1cc(F)c(F)c(F)c1. The molecule has 1 atom stereocenters. The Kier molecular flexibility index (Phi) is 4.13. The Hall–Kier alpha value is -1.92. The van der Waals surface area contributed by atoms with E-state index in [-0.39, 0.29) is 5.56 Å². The first-order valence-corrected chi connectivity index (χ1v) is 5.62. The maximum Gasteiger partial charge on any atom is 0.194 e. The van der Waals surface area contributed by atoms with E-state index in [4.69, 9.17) is 5.84 Å². The molecule has 19 heavy (non-hydrogen) atoms. The van der Waals surface area contributed by atoms with E-state index >= 15 is 0 Å². The Bertz CT molecular complexity index is 537. The second-order valence-electron chi connectivity index (χ2n) is 4.04. The summed E-state index contributed by atoms with van der Waals surface area (Å²) in [6, 6.07) is 6.60. The fraction of sp³-hybridized carbons (Fsp3) is 0.154. The van der Waals surface area contributed by atoms with Gasteiger partial charge in [-0.3, -0.25) is 16.3 Å². The molecule has 0 bridgehead atoms. The van der Waals surface area contributed by atoms with Crippen molar-refractivity contribution >= 4 is 0 Å². The molecule has 1 aromatic carbocycles. The van der Waals surface area contributed by atoms with E-state index in [1.807, 2.05) is 0 Å². The number of nitrogens with one attached hydrogen (secondary N) is 1. The first kappa shape index (κ1) is 13.5. The zero-order valence-corrected chi connectivity index (χ0v) is 9.91. The Morgan fingerprint density at radius 2 is 1.84 bits per heavy atom. The summed E-state index contributed by atoms with van der Waals surface area (Å²) in [4.78, 5) is 4.10. The third kappa shape index (κ3) is 3.10. The van der Waals surface area contributed by atoms with Crippen LogP contribution in [0.25, 0.3) is 0 Å². The van der Waals surface area contributed by atoms with Crippen molar-refractivity contribution in [2.75, 3.05) is 0 Å². The van der Waals surface area contributed by atoms with Crippen LogP contribution in [0.2, 0.25) is 0 Å². The van der Waals surface area contributed by atoms with Gasteiger partial charge < -0.3 is 0 Å². The van der Waals surface area contributed by atoms with Gasteiger partial charge >= 0.3 is 0 Å². The van der Waals surface area contributed by atoms with Crippen molar-refractivity contribution in [3.8, 4) is 0 Å². The van der Waals surface area contributed by atoms with Gasteiger partial charge in [0.2, 0.25) is 0 Å². The predicted octanol–water partition coefficient (Wildman–Crippen LogP) is 2.25. The summed E-state index contributed by atoms with van der Waals surface area (Å²) in [5.41, 5.74) is 3.38. The quantitative estimate of drug-likeness (QED) is 0.507. The van der Waals surface area contributed by atoms with Crippen LogP contribution in [0.4, 0.5) is 13.2 Å². The zero-order chi connectivity index (χ0) is 13.8. The highest BCUT2D eigenvalue weighted by Gasteiger charge is 2.17. The summed E-state index contributed by atoms with van der Waals surface area (Å²) in [7, 11) is 0. The number of nitrogens with zero attached hydrogens (tertiary/aromatic N) is 1. The van der Waals surface area contributed by atoms with Gasteiger partial charge in [0.1, 0.15) is 0 Å². The van der Waals surface area contributed by atoms with Crippen LogP contribution in [0.5, 0.6) is 0 Å². The van der Waals surface area contributed by atoms with Crippen molar-refractivity contribution in [2.45, 2.75) is 12.5 Å². The van der Waals surface area contributed by atoms with E-state index in [1.165, 1.54) is 0 Å². The van der Waals surface area contributed by atoms with Crippen molar-refractivity contribution < 1.29 is 13.2 Å². The molecule has 2 rings (SSSR count). The van der Waals surface area contributed by atoms with Gasteiger partial charge in [-0.25, -0.2) is 13.2 Å². The third-order valence-corrected chi connectivity index (χ3v) is 2.75. The van der Waals surface area contributed by atoms with E-state index in [1.54, 1.807) is 24.4 Å². The Morgan fingerprint density at radius 1 is 1.16 bits per heavy atom. The topological polar surface area (TPSA) is 50.9 Å². The molecule has 0 aliphatic rings. The van der Waals surface area contributed by atoms with Crippen molar-refractivity contribution in [3.05, 3.63) is 65.2 Å². The highest BCUT2D eigenvalue weighted by molar-refractivity contribution is 5.24. The lowest BCUT2D eigenvalue weighted by atomic mass is 10.0. The van der Waals surface area contributed by atoms with Crippen molar-refractivity contribution in [2.24, 2.45) is 5.84 Å². The van der Waals surface area contributed by atoms with E-state index in [0.717, 1.165) is 12.1 Å². The molecule has 0 saturated heterocycles. The Labute approximate surface area is 108 Å². The maximum atomic E-state index is 13.2. The number of aromatic nitrogens is 1. The number of halogens is 3. The molecule has 1 unspecified atom stereocenters. The normalized spacial score (nSPS) is 12.4. The third-order valence-electron chi connectivity index (χ3n) is 2.75. The molecular formula is C13H12F3N3. The lowest BCUT2D eigenvalue weighted by Crippen LogP contribution is -2.30. The maximum absolute atomic E-state index is 13.2. The highest BCUT2D eigenvalue weighted by Crippen LogP contribution is 2.21. The van der Waals surface area contributed by atoms with E-state index in [0.29, 0.717) is 12.1 Å². The van der Waals surface area contributed by atoms with Crippen molar-refractivity contribution in [3.63, 3.8) is 0 Å². The van der Waals surface area contributed by atoms with Gasteiger partial charge in [0.05, 0.1) is 6.04 Å². The summed E-state index contributed by atoms with van der Waals surface area (Å²) >= 11 is 0. The molecule has 0 spiro atoms. The molecule has 0 fully saturated rings. The molecule has 3 N–H and O–H groups in total. The van der Waals surface area contributed by atoms with Crippen LogP contribution in [0.3, 0.4) is 0 Å². The summed E-state index contributed by atoms with van der Waals surface area (Å²) in [6.45, 7) is 0. The minimum atomic E-state index is -1.49. The van der Waals surface area contributed by atoms with Crippen LogP contribution < -0.4 is 11.3 Å². The monoisotopic (exact) mass is 267 g/mol. The fourth-order valence-corrected chi connectivity index (χ4v) is 1.78. The van der Waals surface area contributed by atoms with Gasteiger partial charge in [0, 0.05) is 18.3 Å². The number of pyridine rings is 1. The number of hydrogen-bond donors (Lipinski definition) is 2. The van der Waals surface area contributed by atoms with Crippen LogP contribution in [0.1, 0.15) is 17.3 Å². The second kappa shape index (κ2) is 5.81. The van der Waals surface area contributed by atoms with Crippen LogP contribution in [0, 0.1) is 17.5 Å². The molecule has 0 aliphatic heterocycles. The largest absolute Gasteiger partial charge is 0.271 e. The summed E-state index contributed by atoms with van der Waals surface area (Å²) in [6.07, 6.45) is 1.94. The molecule has 1 aromatic heterocycles. The minimum Gasteiger partial charge on any atom is -0.271 e. The molecule has 6 heteroatoms. The van der Waals surface area contributed by atoms with Gasteiger partial charge in [-0.1, -0.05) is 6.07 Å². The van der Waals surface area contributed by atoms with Crippen molar-refractivity contribution in [1.29, 1.82) is 0 Å². The second-order valence-corrected chi connectivity index (χ2v) is 4.04. The van der Waals surface area contributed by atoms with Crippen LogP contribution in [-0.2, 0) is 6.42 Å². The average Bonchev–Trinajstić information content (AvgIpc) is 2.42. The molecule has 0 saturated carbocycles. The van der Waals surface area contributed by atoms with Gasteiger partial charge in [0.25, 0.3) is 0 Å². The lowest BCUT2D eigenvalue weighted by Gasteiger charge is -2.16. The van der Waals surface area contributed by atoms with Gasteiger partial charge in [0.15, 0.2) is 17.5 Å². The average molecular weight is 267 g/mol. The van der Waals surface area contributed by atoms with Crippen LogP contribution in [-0.4, -0.2) is 4.98 Å². The summed E-state index contributed by atoms with van der Waals surface area (Å²) in [5, 5.41) is 0. The lowest BCUT2D eigenvalue weighted by molar-refractivity contribution is 0.439. The molecule has 100 valence electrons. The number of rotatable bonds is 4. The summed E-state index contributed by atoms with van der Waals surface area (Å²) in [5.74, 6) is 1.41. The van der Waals surface area contributed by atoms with E-state index in [2.05, 4.69) is 10.4 Å². The fourth-order valence-electron chi connectivity index (χ4n) is 1.78. The molecule has 3 nitrogen and oxygen atoms in total. The van der Waals surface area contributed by atoms with Crippen LogP contribution >= 0.6 is 0 Å². The highest BCUT2D eigenvalue weighted by atomic mass is 19.2. The predicted molar refractivity (Wildman–Crippen MR) is 64.3 cm³/mol. The van der Waals surface area contributed by atoms with Crippen LogP contribution in [0.15, 0.2) is 36.5 Å². The number of benzene rings is 1. The molecule has 0 amide bonds. The number of hydrogen-bond acceptors (Lipinski definition) is 3. The molecular weight excluding hydrogens is 255 g/mol. The standard InChI is InChI=1S/C13H12F3N3/c14-10-5-8(6-11(15)13(10)16)12(19-17)7-9-3-1-2-4-18-9/h1-6,12,19H,7,17H2. The van der Waals surface area contributed by atoms with E-state index in [9.17, 15) is 13.2 Å². The van der Waals surface area contributed by atoms with Crippen molar-refractivity contribution in [1.82, 2.24) is 10.4 Å². The molecule has 0 aliphatic carbocycles. The molecule has 0 radical (unpaired) electrons. The smallest absolute Gasteiger partial charge is 0.194 e. The number of hydrazine groups is 1. The Morgan fingerprint density at radius 3 is 2.37 bits per heavy atom. The van der Waals surface area contributed by atoms with Gasteiger partial charge in [-0.05, 0) is 29.8 Å². The first-order valence-electron chi connectivity index (χ1n) is 5.62. The van der Waals surface area contributed by atoms with Gasteiger partial charge in [-0.2, -0.15) is 0 Å². The van der Waals surface area contributed by atoms with Gasteiger partial charge in [-0.15, -0.1) is 0 Å². The summed E-state index contributed by atoms with van der Waals surface area (Å²) < 4.78 is 39.2. The Balaban J connectivity index is 2.27.